The van der Waals surface area contributed by atoms with Gasteiger partial charge in [-0.25, -0.2) is 0 Å². The predicted molar refractivity (Wildman–Crippen MR) is 52.3 cm³/mol. The van der Waals surface area contributed by atoms with E-state index in [9.17, 15) is 0 Å². The first kappa shape index (κ1) is 8.59. The van der Waals surface area contributed by atoms with Crippen molar-refractivity contribution in [1.82, 2.24) is 0 Å². The van der Waals surface area contributed by atoms with Gasteiger partial charge in [-0.2, -0.15) is 5.10 Å². The van der Waals surface area contributed by atoms with Crippen LogP contribution < -0.4 is 10.7 Å². The molecule has 0 amide bonds. The minimum atomic E-state index is 1.08. The van der Waals surface area contributed by atoms with Crippen LogP contribution in [0.3, 0.4) is 0 Å². The number of hydrogen-bond acceptors (Lipinski definition) is 2. The second-order valence-corrected chi connectivity index (χ2v) is 2.71. The highest BCUT2D eigenvalue weighted by Crippen LogP contribution is 2.11. The molecule has 2 N–H and O–H groups in total. The summed E-state index contributed by atoms with van der Waals surface area (Å²) in [6.07, 6.45) is 1.57. The van der Waals surface area contributed by atoms with Gasteiger partial charge < -0.3 is 10.7 Å². The van der Waals surface area contributed by atoms with E-state index in [0.717, 1.165) is 5.69 Å². The van der Waals surface area contributed by atoms with Gasteiger partial charge in [-0.1, -0.05) is 17.7 Å². The molecule has 1 rings (SSSR count). The highest BCUT2D eigenvalue weighted by Gasteiger charge is 1.94. The van der Waals surface area contributed by atoms with E-state index in [1.54, 1.807) is 6.34 Å². The fourth-order valence-corrected chi connectivity index (χ4v) is 0.947. The first-order chi connectivity index (χ1) is 5.74. The fraction of sp³-hybridized carbons (Fsp3) is 0.222. The van der Waals surface area contributed by atoms with Crippen LogP contribution in [0.2, 0.25) is 0 Å². The third kappa shape index (κ3) is 1.99. The number of nitrogens with two attached hydrogens (primary N) is 1. The van der Waals surface area contributed by atoms with E-state index in [4.69, 9.17) is 5.84 Å². The van der Waals surface area contributed by atoms with E-state index >= 15 is 0 Å². The van der Waals surface area contributed by atoms with Gasteiger partial charge >= 0.3 is 0 Å². The highest BCUT2D eigenvalue weighted by molar-refractivity contribution is 5.77. The van der Waals surface area contributed by atoms with Crippen molar-refractivity contribution < 1.29 is 0 Å². The normalized spacial score (nSPS) is 10.5. The number of hydrogen-bond donors (Lipinski definition) is 1. The van der Waals surface area contributed by atoms with Gasteiger partial charge in [0.25, 0.3) is 0 Å². The summed E-state index contributed by atoms with van der Waals surface area (Å²) in [5.41, 5.74) is 2.33. The van der Waals surface area contributed by atoms with Crippen molar-refractivity contribution in [1.29, 1.82) is 0 Å². The van der Waals surface area contributed by atoms with E-state index in [1.165, 1.54) is 5.56 Å². The summed E-state index contributed by atoms with van der Waals surface area (Å²) < 4.78 is 0. The fourth-order valence-electron chi connectivity index (χ4n) is 0.947. The van der Waals surface area contributed by atoms with Crippen LogP contribution in [0.1, 0.15) is 5.56 Å². The van der Waals surface area contributed by atoms with Crippen LogP contribution in [-0.4, -0.2) is 13.4 Å². The lowest BCUT2D eigenvalue weighted by atomic mass is 10.2. The lowest BCUT2D eigenvalue weighted by Crippen LogP contribution is -2.14. The van der Waals surface area contributed by atoms with E-state index in [1.807, 2.05) is 24.1 Å². The third-order valence-electron chi connectivity index (χ3n) is 1.68. The first-order valence-corrected chi connectivity index (χ1v) is 3.77. The Morgan fingerprint density at radius 1 is 1.33 bits per heavy atom. The topological polar surface area (TPSA) is 41.6 Å². The van der Waals surface area contributed by atoms with Crippen LogP contribution in [0.4, 0.5) is 5.69 Å². The Balaban J connectivity index is 2.82. The zero-order valence-electron chi connectivity index (χ0n) is 7.36. The summed E-state index contributed by atoms with van der Waals surface area (Å²) in [5, 5.41) is 3.44. The van der Waals surface area contributed by atoms with Crippen LogP contribution in [0.15, 0.2) is 29.4 Å². The van der Waals surface area contributed by atoms with Crippen LogP contribution >= 0.6 is 0 Å². The monoisotopic (exact) mass is 163 g/mol. The zero-order valence-corrected chi connectivity index (χ0v) is 7.36. The molecule has 1 aromatic rings. The molecule has 0 bridgehead atoms. The van der Waals surface area contributed by atoms with Gasteiger partial charge in [0.1, 0.15) is 6.34 Å². The third-order valence-corrected chi connectivity index (χ3v) is 1.68. The molecule has 3 nitrogen and oxygen atoms in total. The maximum atomic E-state index is 5.02. The van der Waals surface area contributed by atoms with E-state index in [-0.39, 0.29) is 0 Å². The molecule has 0 spiro atoms. The van der Waals surface area contributed by atoms with Crippen LogP contribution in [0, 0.1) is 6.92 Å². The average molecular weight is 163 g/mol. The number of anilines is 1. The first-order valence-electron chi connectivity index (χ1n) is 3.77. The molecule has 1 aromatic carbocycles. The molecule has 12 heavy (non-hydrogen) atoms. The standard InChI is InChI=1S/C9H13N3/c1-8-3-5-9(6-4-8)12(2)7-11-10/h3-7H,10H2,1-2H3/b11-7-. The van der Waals surface area contributed by atoms with Crippen molar-refractivity contribution in [2.24, 2.45) is 10.9 Å². The van der Waals surface area contributed by atoms with E-state index < -0.39 is 0 Å². The molecule has 0 aliphatic carbocycles. The van der Waals surface area contributed by atoms with Crippen molar-refractivity contribution in [2.75, 3.05) is 11.9 Å². The Labute approximate surface area is 72.5 Å². The molecular formula is C9H13N3. The Kier molecular flexibility index (Phi) is 2.69. The van der Waals surface area contributed by atoms with Gasteiger partial charge in [-0.3, -0.25) is 0 Å². The average Bonchev–Trinajstić information content (AvgIpc) is 2.06. The lowest BCUT2D eigenvalue weighted by molar-refractivity contribution is 1.20. The van der Waals surface area contributed by atoms with Crippen LogP contribution in [0.25, 0.3) is 0 Å². The van der Waals surface area contributed by atoms with Crippen molar-refractivity contribution in [3.8, 4) is 0 Å². The molecule has 0 fully saturated rings. The molecule has 3 heteroatoms. The molecular weight excluding hydrogens is 150 g/mol. The molecule has 0 aliphatic heterocycles. The van der Waals surface area contributed by atoms with Crippen molar-refractivity contribution in [3.63, 3.8) is 0 Å². The smallest absolute Gasteiger partial charge is 0.115 e. The van der Waals surface area contributed by atoms with Gasteiger partial charge in [0.05, 0.1) is 0 Å². The summed E-state index contributed by atoms with van der Waals surface area (Å²) in [7, 11) is 1.90. The molecule has 64 valence electrons. The Morgan fingerprint density at radius 2 is 1.92 bits per heavy atom. The number of nitrogens with zero attached hydrogens (tertiary/aromatic N) is 2. The SMILES string of the molecule is Cc1ccc(N(C)/C=N\N)cc1. The van der Waals surface area contributed by atoms with E-state index in [2.05, 4.69) is 24.2 Å². The molecule has 0 heterocycles. The van der Waals surface area contributed by atoms with Crippen molar-refractivity contribution >= 4 is 12.0 Å². The van der Waals surface area contributed by atoms with Gasteiger partial charge in [0.2, 0.25) is 0 Å². The van der Waals surface area contributed by atoms with Gasteiger partial charge in [-0.05, 0) is 19.1 Å². The van der Waals surface area contributed by atoms with Crippen LogP contribution in [0.5, 0.6) is 0 Å². The number of benzene rings is 1. The minimum absolute atomic E-state index is 1.08. The molecule has 0 saturated heterocycles. The maximum Gasteiger partial charge on any atom is 0.115 e. The van der Waals surface area contributed by atoms with Gasteiger partial charge in [-0.15, -0.1) is 0 Å². The summed E-state index contributed by atoms with van der Waals surface area (Å²) in [6.45, 7) is 2.06. The van der Waals surface area contributed by atoms with E-state index in [0.29, 0.717) is 0 Å². The summed E-state index contributed by atoms with van der Waals surface area (Å²) in [6, 6.07) is 8.15. The summed E-state index contributed by atoms with van der Waals surface area (Å²) in [5.74, 6) is 5.02. The van der Waals surface area contributed by atoms with Gasteiger partial charge in [0.15, 0.2) is 0 Å². The van der Waals surface area contributed by atoms with Crippen molar-refractivity contribution in [2.45, 2.75) is 6.92 Å². The second kappa shape index (κ2) is 3.76. The Morgan fingerprint density at radius 3 is 2.42 bits per heavy atom. The minimum Gasteiger partial charge on any atom is -0.334 e. The summed E-state index contributed by atoms with van der Waals surface area (Å²) in [4.78, 5) is 1.86. The summed E-state index contributed by atoms with van der Waals surface area (Å²) >= 11 is 0. The number of rotatable bonds is 2. The quantitative estimate of drug-likeness (QED) is 0.309. The Bertz CT molecular complexity index is 264. The van der Waals surface area contributed by atoms with Gasteiger partial charge in [0, 0.05) is 12.7 Å². The molecule has 0 aliphatic rings. The Hall–Kier alpha value is -1.51. The second-order valence-electron chi connectivity index (χ2n) is 2.71. The lowest BCUT2D eigenvalue weighted by Gasteiger charge is -2.11. The molecule has 0 atom stereocenters. The molecule has 0 radical (unpaired) electrons. The molecule has 0 aromatic heterocycles. The predicted octanol–water partition coefficient (Wildman–Crippen LogP) is 1.33. The number of hydrazone groups is 1. The van der Waals surface area contributed by atoms with Crippen molar-refractivity contribution in [3.05, 3.63) is 29.8 Å². The highest BCUT2D eigenvalue weighted by atomic mass is 15.2. The maximum absolute atomic E-state index is 5.02. The molecule has 0 saturated carbocycles. The number of aryl methyl sites for hydroxylation is 1. The largest absolute Gasteiger partial charge is 0.334 e. The molecule has 0 unspecified atom stereocenters. The van der Waals surface area contributed by atoms with Crippen LogP contribution in [-0.2, 0) is 0 Å². The zero-order chi connectivity index (χ0) is 8.97.